The van der Waals surface area contributed by atoms with Crippen molar-refractivity contribution in [2.45, 2.75) is 24.1 Å². The standard InChI is InChI=1S/C21H20N2O4S/c1-26-20(25)14-9-10-17-18(12-14)22-21(28-13-16-8-5-11-27-16)23(19(17)24)15-6-3-2-4-7-15/h2-4,6-7,9-10,12,16H,5,8,11,13H2,1H3. The van der Waals surface area contributed by atoms with Gasteiger partial charge in [-0.1, -0.05) is 30.0 Å². The van der Waals surface area contributed by atoms with Gasteiger partial charge in [0.1, 0.15) is 0 Å². The second kappa shape index (κ2) is 8.16. The van der Waals surface area contributed by atoms with Gasteiger partial charge in [0.05, 0.1) is 35.4 Å². The minimum atomic E-state index is -0.454. The first kappa shape index (κ1) is 18.7. The zero-order chi connectivity index (χ0) is 19.5. The summed E-state index contributed by atoms with van der Waals surface area (Å²) in [7, 11) is 1.33. The first-order valence-electron chi connectivity index (χ1n) is 9.12. The number of thioether (sulfide) groups is 1. The van der Waals surface area contributed by atoms with E-state index in [0.717, 1.165) is 30.9 Å². The van der Waals surface area contributed by atoms with Crippen molar-refractivity contribution in [3.63, 3.8) is 0 Å². The van der Waals surface area contributed by atoms with Crippen LogP contribution in [0, 0.1) is 0 Å². The zero-order valence-corrected chi connectivity index (χ0v) is 16.3. The highest BCUT2D eigenvalue weighted by atomic mass is 32.2. The number of fused-ring (bicyclic) bond motifs is 1. The molecule has 0 aliphatic carbocycles. The van der Waals surface area contributed by atoms with Crippen LogP contribution in [0.2, 0.25) is 0 Å². The van der Waals surface area contributed by atoms with Gasteiger partial charge in [0.2, 0.25) is 0 Å². The van der Waals surface area contributed by atoms with Crippen LogP contribution < -0.4 is 5.56 Å². The molecule has 0 bridgehead atoms. The lowest BCUT2D eigenvalue weighted by molar-refractivity contribution is 0.0601. The van der Waals surface area contributed by atoms with Gasteiger partial charge in [-0.3, -0.25) is 9.36 Å². The van der Waals surface area contributed by atoms with E-state index in [-0.39, 0.29) is 11.7 Å². The van der Waals surface area contributed by atoms with Crippen molar-refractivity contribution in [2.75, 3.05) is 19.5 Å². The number of hydrogen-bond donors (Lipinski definition) is 0. The molecule has 1 aromatic heterocycles. The Kier molecular flexibility index (Phi) is 5.45. The summed E-state index contributed by atoms with van der Waals surface area (Å²) < 4.78 is 12.1. The molecule has 0 N–H and O–H groups in total. The first-order chi connectivity index (χ1) is 13.7. The van der Waals surface area contributed by atoms with Crippen molar-refractivity contribution < 1.29 is 14.3 Å². The number of esters is 1. The lowest BCUT2D eigenvalue weighted by Gasteiger charge is -2.15. The summed E-state index contributed by atoms with van der Waals surface area (Å²) in [5.41, 5.74) is 1.44. The van der Waals surface area contributed by atoms with Gasteiger partial charge in [0, 0.05) is 12.4 Å². The maximum Gasteiger partial charge on any atom is 0.337 e. The number of hydrogen-bond acceptors (Lipinski definition) is 6. The van der Waals surface area contributed by atoms with Crippen LogP contribution >= 0.6 is 11.8 Å². The Morgan fingerprint density at radius 2 is 2.11 bits per heavy atom. The Hall–Kier alpha value is -2.64. The average molecular weight is 396 g/mol. The minimum absolute atomic E-state index is 0.164. The molecule has 0 spiro atoms. The Balaban J connectivity index is 1.83. The smallest absolute Gasteiger partial charge is 0.337 e. The van der Waals surface area contributed by atoms with E-state index in [2.05, 4.69) is 0 Å². The summed E-state index contributed by atoms with van der Waals surface area (Å²) in [6.07, 6.45) is 2.25. The molecule has 2 aromatic carbocycles. The van der Waals surface area contributed by atoms with E-state index in [9.17, 15) is 9.59 Å². The van der Waals surface area contributed by atoms with Crippen molar-refractivity contribution >= 4 is 28.6 Å². The number of aromatic nitrogens is 2. The number of para-hydroxylation sites is 1. The number of ether oxygens (including phenoxy) is 2. The molecule has 144 valence electrons. The normalized spacial score (nSPS) is 16.4. The molecule has 2 heterocycles. The molecule has 0 saturated carbocycles. The molecular weight excluding hydrogens is 376 g/mol. The van der Waals surface area contributed by atoms with Crippen LogP contribution in [-0.2, 0) is 9.47 Å². The highest BCUT2D eigenvalue weighted by molar-refractivity contribution is 7.99. The predicted octanol–water partition coefficient (Wildman–Crippen LogP) is 3.44. The van der Waals surface area contributed by atoms with Crippen LogP contribution in [0.15, 0.2) is 58.5 Å². The van der Waals surface area contributed by atoms with Crippen molar-refractivity contribution in [1.29, 1.82) is 0 Å². The Bertz CT molecular complexity index is 1060. The molecule has 7 heteroatoms. The number of rotatable bonds is 5. The van der Waals surface area contributed by atoms with Crippen molar-refractivity contribution in [1.82, 2.24) is 9.55 Å². The molecule has 6 nitrogen and oxygen atoms in total. The van der Waals surface area contributed by atoms with E-state index in [1.165, 1.54) is 18.9 Å². The molecule has 1 unspecified atom stereocenters. The van der Waals surface area contributed by atoms with Crippen molar-refractivity contribution in [2.24, 2.45) is 0 Å². The summed E-state index contributed by atoms with van der Waals surface area (Å²) in [6.45, 7) is 0.782. The lowest BCUT2D eigenvalue weighted by atomic mass is 10.1. The summed E-state index contributed by atoms with van der Waals surface area (Å²) >= 11 is 1.50. The molecule has 3 aromatic rings. The fourth-order valence-corrected chi connectivity index (χ4v) is 4.33. The maximum atomic E-state index is 13.3. The van der Waals surface area contributed by atoms with Gasteiger partial charge in [0.25, 0.3) is 5.56 Å². The predicted molar refractivity (Wildman–Crippen MR) is 108 cm³/mol. The van der Waals surface area contributed by atoms with Crippen molar-refractivity contribution in [3.05, 3.63) is 64.4 Å². The van der Waals surface area contributed by atoms with E-state index in [1.807, 2.05) is 30.3 Å². The second-order valence-electron chi connectivity index (χ2n) is 6.54. The molecule has 1 atom stereocenters. The fourth-order valence-electron chi connectivity index (χ4n) is 3.26. The van der Waals surface area contributed by atoms with E-state index < -0.39 is 5.97 Å². The van der Waals surface area contributed by atoms with Gasteiger partial charge >= 0.3 is 5.97 Å². The minimum Gasteiger partial charge on any atom is -0.465 e. The summed E-state index contributed by atoms with van der Waals surface area (Å²) in [5.74, 6) is 0.270. The van der Waals surface area contributed by atoms with Gasteiger partial charge in [-0.15, -0.1) is 0 Å². The first-order valence-corrected chi connectivity index (χ1v) is 10.1. The lowest BCUT2D eigenvalue weighted by Crippen LogP contribution is -2.22. The highest BCUT2D eigenvalue weighted by Crippen LogP contribution is 2.25. The molecule has 1 fully saturated rings. The Morgan fingerprint density at radius 3 is 2.82 bits per heavy atom. The van der Waals surface area contributed by atoms with Crippen LogP contribution in [0.1, 0.15) is 23.2 Å². The molecule has 28 heavy (non-hydrogen) atoms. The van der Waals surface area contributed by atoms with Crippen LogP contribution in [0.3, 0.4) is 0 Å². The highest BCUT2D eigenvalue weighted by Gasteiger charge is 2.19. The topological polar surface area (TPSA) is 70.4 Å². The summed E-state index contributed by atoms with van der Waals surface area (Å²) in [4.78, 5) is 29.8. The number of carbonyl (C=O) groups excluding carboxylic acids is 1. The molecule has 1 aliphatic heterocycles. The Morgan fingerprint density at radius 1 is 1.29 bits per heavy atom. The van der Waals surface area contributed by atoms with Crippen molar-refractivity contribution in [3.8, 4) is 5.69 Å². The third-order valence-electron chi connectivity index (χ3n) is 4.70. The van der Waals surface area contributed by atoms with E-state index in [4.69, 9.17) is 14.5 Å². The van der Waals surface area contributed by atoms with E-state index in [0.29, 0.717) is 21.6 Å². The molecule has 4 rings (SSSR count). The maximum absolute atomic E-state index is 13.3. The fraction of sp³-hybridized carbons (Fsp3) is 0.286. The molecular formula is C21H20N2O4S. The number of nitrogens with zero attached hydrogens (tertiary/aromatic N) is 2. The van der Waals surface area contributed by atoms with Crippen LogP contribution in [0.4, 0.5) is 0 Å². The molecule has 0 amide bonds. The molecule has 1 aliphatic rings. The summed E-state index contributed by atoms with van der Waals surface area (Å²) in [6, 6.07) is 14.3. The van der Waals surface area contributed by atoms with Gasteiger partial charge in [-0.05, 0) is 43.2 Å². The third-order valence-corrected chi connectivity index (χ3v) is 5.77. The Labute approximate surface area is 166 Å². The molecule has 1 saturated heterocycles. The number of benzene rings is 2. The largest absolute Gasteiger partial charge is 0.465 e. The SMILES string of the molecule is COC(=O)c1ccc2c(=O)n(-c3ccccc3)c(SCC3CCCO3)nc2c1. The monoisotopic (exact) mass is 396 g/mol. The van der Waals surface area contributed by atoms with Gasteiger partial charge in [-0.2, -0.15) is 0 Å². The van der Waals surface area contributed by atoms with E-state index >= 15 is 0 Å². The quantitative estimate of drug-likeness (QED) is 0.374. The van der Waals surface area contributed by atoms with Gasteiger partial charge in [-0.25, -0.2) is 9.78 Å². The molecule has 0 radical (unpaired) electrons. The van der Waals surface area contributed by atoms with Gasteiger partial charge in [0.15, 0.2) is 5.16 Å². The van der Waals surface area contributed by atoms with E-state index in [1.54, 1.807) is 22.8 Å². The number of methoxy groups -OCH3 is 1. The second-order valence-corrected chi connectivity index (χ2v) is 7.53. The zero-order valence-electron chi connectivity index (χ0n) is 15.5. The average Bonchev–Trinajstić information content (AvgIpc) is 3.25. The number of carbonyl (C=O) groups is 1. The summed E-state index contributed by atoms with van der Waals surface area (Å²) in [5, 5.41) is 1.04. The van der Waals surface area contributed by atoms with Gasteiger partial charge < -0.3 is 9.47 Å². The van der Waals surface area contributed by atoms with Crippen LogP contribution in [0.25, 0.3) is 16.6 Å². The third kappa shape index (κ3) is 3.68. The van der Waals surface area contributed by atoms with Crippen LogP contribution in [0.5, 0.6) is 0 Å². The van der Waals surface area contributed by atoms with Crippen LogP contribution in [-0.4, -0.2) is 41.1 Å².